The Labute approximate surface area is 85.1 Å². The number of hydrogen-bond donors (Lipinski definition) is 2. The zero-order chi connectivity index (χ0) is 10.6. The van der Waals surface area contributed by atoms with E-state index in [-0.39, 0.29) is 16.9 Å². The first-order chi connectivity index (χ1) is 5.84. The SMILES string of the molecule is CCC(C)(C(=O)NC(C)C)C(N)=S. The number of hydrogen-bond acceptors (Lipinski definition) is 2. The van der Waals surface area contributed by atoms with Crippen LogP contribution < -0.4 is 11.1 Å². The smallest absolute Gasteiger partial charge is 0.232 e. The molecule has 0 bridgehead atoms. The minimum Gasteiger partial charge on any atom is -0.392 e. The normalized spacial score (nSPS) is 15.2. The summed E-state index contributed by atoms with van der Waals surface area (Å²) < 4.78 is 0. The lowest BCUT2D eigenvalue weighted by atomic mass is 9.86. The van der Waals surface area contributed by atoms with Crippen molar-refractivity contribution in [3.63, 3.8) is 0 Å². The van der Waals surface area contributed by atoms with Gasteiger partial charge >= 0.3 is 0 Å². The summed E-state index contributed by atoms with van der Waals surface area (Å²) in [5.41, 5.74) is 4.82. The molecule has 0 spiro atoms. The minimum absolute atomic E-state index is 0.0856. The van der Waals surface area contributed by atoms with E-state index in [0.717, 1.165) is 0 Å². The second kappa shape index (κ2) is 4.56. The number of amides is 1. The molecule has 0 rings (SSSR count). The van der Waals surface area contributed by atoms with Crippen molar-refractivity contribution in [1.29, 1.82) is 0 Å². The van der Waals surface area contributed by atoms with Crippen LogP contribution in [-0.2, 0) is 4.79 Å². The number of carbonyl (C=O) groups excluding carboxylic acids is 1. The molecule has 0 aromatic rings. The summed E-state index contributed by atoms with van der Waals surface area (Å²) in [6.07, 6.45) is 0.626. The van der Waals surface area contributed by atoms with E-state index >= 15 is 0 Å². The number of rotatable bonds is 4. The molecule has 3 N–H and O–H groups in total. The average Bonchev–Trinajstić information content (AvgIpc) is 2.01. The van der Waals surface area contributed by atoms with Crippen molar-refractivity contribution in [2.45, 2.75) is 40.2 Å². The van der Waals surface area contributed by atoms with E-state index in [0.29, 0.717) is 6.42 Å². The third-order valence-corrected chi connectivity index (χ3v) is 2.62. The van der Waals surface area contributed by atoms with Crippen LogP contribution in [0, 0.1) is 5.41 Å². The topological polar surface area (TPSA) is 55.1 Å². The first-order valence-electron chi connectivity index (χ1n) is 4.45. The monoisotopic (exact) mass is 202 g/mol. The third-order valence-electron chi connectivity index (χ3n) is 2.17. The van der Waals surface area contributed by atoms with Gasteiger partial charge in [0.25, 0.3) is 0 Å². The van der Waals surface area contributed by atoms with Gasteiger partial charge in [0.05, 0.1) is 10.4 Å². The Morgan fingerprint density at radius 2 is 2.08 bits per heavy atom. The van der Waals surface area contributed by atoms with Crippen LogP contribution in [0.4, 0.5) is 0 Å². The highest BCUT2D eigenvalue weighted by Crippen LogP contribution is 2.21. The fourth-order valence-electron chi connectivity index (χ4n) is 0.868. The van der Waals surface area contributed by atoms with Gasteiger partial charge in [-0.25, -0.2) is 0 Å². The van der Waals surface area contributed by atoms with E-state index in [1.807, 2.05) is 20.8 Å². The van der Waals surface area contributed by atoms with E-state index in [9.17, 15) is 4.79 Å². The van der Waals surface area contributed by atoms with Gasteiger partial charge in [-0.05, 0) is 27.2 Å². The zero-order valence-corrected chi connectivity index (χ0v) is 9.49. The van der Waals surface area contributed by atoms with Crippen LogP contribution in [0.15, 0.2) is 0 Å². The summed E-state index contributed by atoms with van der Waals surface area (Å²) in [6.45, 7) is 7.49. The number of nitrogens with two attached hydrogens (primary N) is 1. The summed E-state index contributed by atoms with van der Waals surface area (Å²) in [6, 6.07) is 0.118. The minimum atomic E-state index is -0.709. The zero-order valence-electron chi connectivity index (χ0n) is 8.68. The molecule has 0 aliphatic carbocycles. The molecular formula is C9H18N2OS. The predicted octanol–water partition coefficient (Wildman–Crippen LogP) is 1.21. The fraction of sp³-hybridized carbons (Fsp3) is 0.778. The van der Waals surface area contributed by atoms with Gasteiger partial charge < -0.3 is 11.1 Å². The van der Waals surface area contributed by atoms with E-state index in [4.69, 9.17) is 18.0 Å². The molecule has 13 heavy (non-hydrogen) atoms. The quantitative estimate of drug-likeness (QED) is 0.674. The van der Waals surface area contributed by atoms with Crippen molar-refractivity contribution in [1.82, 2.24) is 5.32 Å². The van der Waals surface area contributed by atoms with Crippen LogP contribution in [0.5, 0.6) is 0 Å². The van der Waals surface area contributed by atoms with Crippen molar-refractivity contribution in [3.8, 4) is 0 Å². The van der Waals surface area contributed by atoms with Crippen molar-refractivity contribution >= 4 is 23.1 Å². The predicted molar refractivity (Wildman–Crippen MR) is 58.5 cm³/mol. The van der Waals surface area contributed by atoms with Gasteiger partial charge in [0.2, 0.25) is 5.91 Å². The molecule has 0 aromatic carbocycles. The number of thiocarbonyl (C=S) groups is 1. The second-order valence-electron chi connectivity index (χ2n) is 3.68. The molecule has 0 saturated heterocycles. The number of nitrogens with one attached hydrogen (secondary N) is 1. The fourth-order valence-corrected chi connectivity index (χ4v) is 1.11. The maximum atomic E-state index is 11.7. The lowest BCUT2D eigenvalue weighted by Gasteiger charge is -2.26. The Morgan fingerprint density at radius 1 is 1.62 bits per heavy atom. The standard InChI is InChI=1S/C9H18N2OS/c1-5-9(4,7(10)13)8(12)11-6(2)3/h6H,5H2,1-4H3,(H2,10,13)(H,11,12). The summed E-state index contributed by atoms with van der Waals surface area (Å²) in [5, 5.41) is 2.81. The van der Waals surface area contributed by atoms with E-state index in [1.54, 1.807) is 6.92 Å². The maximum Gasteiger partial charge on any atom is 0.232 e. The van der Waals surface area contributed by atoms with Gasteiger partial charge in [0, 0.05) is 6.04 Å². The molecule has 0 heterocycles. The summed E-state index contributed by atoms with van der Waals surface area (Å²) in [5.74, 6) is -0.0856. The van der Waals surface area contributed by atoms with E-state index in [1.165, 1.54) is 0 Å². The van der Waals surface area contributed by atoms with Gasteiger partial charge in [0.15, 0.2) is 0 Å². The molecule has 0 aliphatic rings. The van der Waals surface area contributed by atoms with Crippen molar-refractivity contribution in [2.24, 2.45) is 11.1 Å². The molecule has 76 valence electrons. The van der Waals surface area contributed by atoms with Crippen molar-refractivity contribution < 1.29 is 4.79 Å². The molecular weight excluding hydrogens is 184 g/mol. The van der Waals surface area contributed by atoms with Crippen molar-refractivity contribution in [3.05, 3.63) is 0 Å². The van der Waals surface area contributed by atoms with Crippen LogP contribution >= 0.6 is 12.2 Å². The Bertz CT molecular complexity index is 216. The molecule has 1 unspecified atom stereocenters. The third kappa shape index (κ3) is 2.95. The molecule has 3 nitrogen and oxygen atoms in total. The highest BCUT2D eigenvalue weighted by molar-refractivity contribution is 7.80. The van der Waals surface area contributed by atoms with Gasteiger partial charge in [0.1, 0.15) is 0 Å². The second-order valence-corrected chi connectivity index (χ2v) is 4.12. The maximum absolute atomic E-state index is 11.7. The van der Waals surface area contributed by atoms with Crippen LogP contribution in [0.2, 0.25) is 0 Å². The Hall–Kier alpha value is -0.640. The van der Waals surface area contributed by atoms with Crippen LogP contribution in [-0.4, -0.2) is 16.9 Å². The lowest BCUT2D eigenvalue weighted by molar-refractivity contribution is -0.127. The largest absolute Gasteiger partial charge is 0.392 e. The van der Waals surface area contributed by atoms with Crippen LogP contribution in [0.1, 0.15) is 34.1 Å². The average molecular weight is 202 g/mol. The first kappa shape index (κ1) is 12.4. The Balaban J connectivity index is 4.58. The lowest BCUT2D eigenvalue weighted by Crippen LogP contribution is -2.48. The van der Waals surface area contributed by atoms with E-state index < -0.39 is 5.41 Å². The van der Waals surface area contributed by atoms with Crippen molar-refractivity contribution in [2.75, 3.05) is 0 Å². The van der Waals surface area contributed by atoms with Crippen LogP contribution in [0.3, 0.4) is 0 Å². The van der Waals surface area contributed by atoms with Gasteiger partial charge in [-0.2, -0.15) is 0 Å². The van der Waals surface area contributed by atoms with Gasteiger partial charge in [-0.15, -0.1) is 0 Å². The van der Waals surface area contributed by atoms with Crippen LogP contribution in [0.25, 0.3) is 0 Å². The molecule has 0 aromatic heterocycles. The molecule has 4 heteroatoms. The molecule has 1 amide bonds. The van der Waals surface area contributed by atoms with Gasteiger partial charge in [-0.1, -0.05) is 19.1 Å². The van der Waals surface area contributed by atoms with E-state index in [2.05, 4.69) is 5.32 Å². The molecule has 0 saturated carbocycles. The Kier molecular flexibility index (Phi) is 4.33. The Morgan fingerprint density at radius 3 is 2.31 bits per heavy atom. The highest BCUT2D eigenvalue weighted by atomic mass is 32.1. The molecule has 0 radical (unpaired) electrons. The molecule has 1 atom stereocenters. The first-order valence-corrected chi connectivity index (χ1v) is 4.86. The summed E-state index contributed by atoms with van der Waals surface area (Å²) >= 11 is 4.88. The van der Waals surface area contributed by atoms with Gasteiger partial charge in [-0.3, -0.25) is 4.79 Å². The highest BCUT2D eigenvalue weighted by Gasteiger charge is 2.34. The number of carbonyl (C=O) groups is 1. The molecule has 0 aliphatic heterocycles. The molecule has 0 fully saturated rings. The summed E-state index contributed by atoms with van der Waals surface area (Å²) in [4.78, 5) is 11.9. The summed E-state index contributed by atoms with van der Waals surface area (Å²) in [7, 11) is 0.